The summed E-state index contributed by atoms with van der Waals surface area (Å²) in [6, 6.07) is 9.29. The Morgan fingerprint density at radius 2 is 1.77 bits per heavy atom. The van der Waals surface area contributed by atoms with Crippen molar-refractivity contribution < 1.29 is 19.1 Å². The molecule has 1 amide bonds. The highest BCUT2D eigenvalue weighted by Crippen LogP contribution is 2.42. The Kier molecular flexibility index (Phi) is 9.51. The summed E-state index contributed by atoms with van der Waals surface area (Å²) in [7, 11) is 2.91. The Balaban J connectivity index is 1.43. The Hall–Kier alpha value is -3.70. The van der Waals surface area contributed by atoms with Crippen LogP contribution in [0.3, 0.4) is 0 Å². The number of amides is 1. The van der Waals surface area contributed by atoms with Crippen molar-refractivity contribution in [1.82, 2.24) is 14.9 Å². The zero-order valence-electron chi connectivity index (χ0n) is 24.1. The number of carbonyl (C=O) groups excluding carboxylic acids is 2. The molecule has 1 saturated heterocycles. The first kappa shape index (κ1) is 30.7. The molecule has 1 fully saturated rings. The minimum atomic E-state index is -0.374. The van der Waals surface area contributed by atoms with E-state index in [2.05, 4.69) is 39.7 Å². The number of piperazine rings is 1. The van der Waals surface area contributed by atoms with Crippen molar-refractivity contribution in [2.24, 2.45) is 0 Å². The zero-order chi connectivity index (χ0) is 30.7. The highest BCUT2D eigenvalue weighted by molar-refractivity contribution is 7.20. The summed E-state index contributed by atoms with van der Waals surface area (Å²) in [4.78, 5) is 40.3. The van der Waals surface area contributed by atoms with E-state index in [9.17, 15) is 9.59 Å². The van der Waals surface area contributed by atoms with E-state index in [-0.39, 0.29) is 38.8 Å². The van der Waals surface area contributed by atoms with E-state index >= 15 is 0 Å². The smallest absolute Gasteiger partial charge is 0.247 e. The number of fused-ring (bicyclic) bond motifs is 1. The largest absolute Gasteiger partial charge is 0.495 e. The number of ether oxygens (including phenoxy) is 2. The lowest BCUT2D eigenvalue weighted by atomic mass is 10.1. The average molecular weight is 641 g/mol. The van der Waals surface area contributed by atoms with Gasteiger partial charge >= 0.3 is 0 Å². The van der Waals surface area contributed by atoms with Crippen molar-refractivity contribution in [1.29, 1.82) is 0 Å². The number of halogens is 2. The van der Waals surface area contributed by atoms with Crippen molar-refractivity contribution in [3.63, 3.8) is 0 Å². The number of hydrogen-bond acceptors (Lipinski definition) is 9. The van der Waals surface area contributed by atoms with Crippen molar-refractivity contribution >= 4 is 67.8 Å². The predicted octanol–water partition coefficient (Wildman–Crippen LogP) is 6.10. The van der Waals surface area contributed by atoms with E-state index in [0.29, 0.717) is 28.3 Å². The first-order chi connectivity index (χ1) is 20.8. The Bertz CT molecular complexity index is 1670. The molecule has 5 rings (SSSR count). The van der Waals surface area contributed by atoms with Crippen LogP contribution in [0.4, 0.5) is 11.4 Å². The van der Waals surface area contributed by atoms with Crippen molar-refractivity contribution in [2.75, 3.05) is 57.2 Å². The molecule has 0 unspecified atom stereocenters. The molecule has 43 heavy (non-hydrogen) atoms. The van der Waals surface area contributed by atoms with Crippen molar-refractivity contribution in [3.8, 4) is 11.5 Å². The van der Waals surface area contributed by atoms with E-state index < -0.39 is 0 Å². The van der Waals surface area contributed by atoms with Crippen LogP contribution in [-0.2, 0) is 11.2 Å². The van der Waals surface area contributed by atoms with Crippen LogP contribution in [-0.4, -0.2) is 73.5 Å². The van der Waals surface area contributed by atoms with Gasteiger partial charge in [0.25, 0.3) is 0 Å². The Labute approximate surface area is 264 Å². The molecule has 1 aliphatic rings. The van der Waals surface area contributed by atoms with E-state index in [0.717, 1.165) is 48.7 Å². The third-order valence-electron chi connectivity index (χ3n) is 7.41. The van der Waals surface area contributed by atoms with Crippen LogP contribution in [0.1, 0.15) is 33.5 Å². The molecule has 3 heterocycles. The fraction of sp³-hybridized carbons (Fsp3) is 0.290. The number of benzene rings is 2. The number of methoxy groups -OCH3 is 2. The number of hydrogen-bond donors (Lipinski definition) is 1. The number of anilines is 2. The van der Waals surface area contributed by atoms with Gasteiger partial charge in [-0.1, -0.05) is 42.8 Å². The van der Waals surface area contributed by atoms with Crippen LogP contribution < -0.4 is 19.7 Å². The van der Waals surface area contributed by atoms with Gasteiger partial charge in [-0.25, -0.2) is 9.97 Å². The lowest BCUT2D eigenvalue weighted by Crippen LogP contribution is -2.46. The fourth-order valence-corrected chi connectivity index (χ4v) is 6.58. The normalized spacial score (nSPS) is 13.7. The molecule has 0 spiro atoms. The van der Waals surface area contributed by atoms with E-state index in [1.807, 2.05) is 12.1 Å². The molecular weight excluding hydrogens is 609 g/mol. The van der Waals surface area contributed by atoms with Gasteiger partial charge in [0.05, 0.1) is 44.9 Å². The topological polar surface area (TPSA) is 96.9 Å². The van der Waals surface area contributed by atoms with Crippen molar-refractivity contribution in [2.45, 2.75) is 13.3 Å². The van der Waals surface area contributed by atoms with Gasteiger partial charge in [0.1, 0.15) is 17.3 Å². The summed E-state index contributed by atoms with van der Waals surface area (Å²) >= 11 is 14.2. The molecule has 0 bridgehead atoms. The van der Waals surface area contributed by atoms with Gasteiger partial charge in [-0.2, -0.15) is 0 Å². The van der Waals surface area contributed by atoms with E-state index in [4.69, 9.17) is 37.7 Å². The van der Waals surface area contributed by atoms with Crippen LogP contribution in [0.2, 0.25) is 10.0 Å². The third-order valence-corrected chi connectivity index (χ3v) is 9.22. The van der Waals surface area contributed by atoms with Crippen LogP contribution in [0.25, 0.3) is 10.2 Å². The molecule has 0 saturated carbocycles. The number of nitrogens with zero attached hydrogens (tertiary/aromatic N) is 4. The monoisotopic (exact) mass is 639 g/mol. The Morgan fingerprint density at radius 1 is 1.07 bits per heavy atom. The van der Waals surface area contributed by atoms with Crippen LogP contribution in [0.5, 0.6) is 11.5 Å². The van der Waals surface area contributed by atoms with Gasteiger partial charge in [0.2, 0.25) is 11.7 Å². The number of aromatic nitrogens is 2. The summed E-state index contributed by atoms with van der Waals surface area (Å²) in [5.74, 6) is 0.437. The molecule has 0 aliphatic carbocycles. The SMILES string of the molecule is C=CC(=O)Nc1cc(N2CCN(CC)CC2)ccc1Cc1ncc2sc(C(=O)c3c(Cl)c(OC)cc(OC)c3Cl)cc2n1. The summed E-state index contributed by atoms with van der Waals surface area (Å²) in [5, 5.41) is 3.15. The number of ketones is 1. The molecule has 4 aromatic rings. The molecular formula is C31H31Cl2N5O4S. The van der Waals surface area contributed by atoms with Gasteiger partial charge < -0.3 is 24.6 Å². The molecule has 2 aromatic carbocycles. The second-order valence-electron chi connectivity index (χ2n) is 9.89. The highest BCUT2D eigenvalue weighted by atomic mass is 35.5. The zero-order valence-corrected chi connectivity index (χ0v) is 26.4. The summed E-state index contributed by atoms with van der Waals surface area (Å²) in [6.45, 7) is 10.6. The molecule has 2 aromatic heterocycles. The lowest BCUT2D eigenvalue weighted by molar-refractivity contribution is -0.111. The summed E-state index contributed by atoms with van der Waals surface area (Å²) in [6.07, 6.45) is 3.31. The minimum absolute atomic E-state index is 0.0954. The third kappa shape index (κ3) is 6.47. The molecule has 1 N–H and O–H groups in total. The number of carbonyl (C=O) groups is 2. The number of thiophene rings is 1. The molecule has 0 atom stereocenters. The maximum absolute atomic E-state index is 13.6. The van der Waals surface area contributed by atoms with Gasteiger partial charge in [-0.3, -0.25) is 9.59 Å². The van der Waals surface area contributed by atoms with Gasteiger partial charge in [0.15, 0.2) is 0 Å². The quantitative estimate of drug-likeness (QED) is 0.164. The molecule has 0 radical (unpaired) electrons. The summed E-state index contributed by atoms with van der Waals surface area (Å²) < 4.78 is 11.4. The first-order valence-corrected chi connectivity index (χ1v) is 15.3. The van der Waals surface area contributed by atoms with E-state index in [1.54, 1.807) is 12.3 Å². The number of likely N-dealkylation sites (N-methyl/N-ethyl adjacent to an activating group) is 1. The first-order valence-electron chi connectivity index (χ1n) is 13.7. The molecule has 1 aliphatic heterocycles. The lowest BCUT2D eigenvalue weighted by Gasteiger charge is -2.35. The second-order valence-corrected chi connectivity index (χ2v) is 11.7. The summed E-state index contributed by atoms with van der Waals surface area (Å²) in [5.41, 5.74) is 3.30. The van der Waals surface area contributed by atoms with E-state index in [1.165, 1.54) is 37.7 Å². The maximum atomic E-state index is 13.6. The average Bonchev–Trinajstić information content (AvgIpc) is 3.45. The fourth-order valence-electron chi connectivity index (χ4n) is 4.99. The van der Waals surface area contributed by atoms with Crippen molar-refractivity contribution in [3.05, 3.63) is 81.1 Å². The number of nitrogens with one attached hydrogen (secondary N) is 1. The highest BCUT2D eigenvalue weighted by Gasteiger charge is 2.26. The predicted molar refractivity (Wildman–Crippen MR) is 173 cm³/mol. The van der Waals surface area contributed by atoms with Crippen LogP contribution in [0, 0.1) is 0 Å². The maximum Gasteiger partial charge on any atom is 0.247 e. The standard InChI is InChI=1S/C31H31Cl2N5O4S/c1-5-27(39)36-20-14-19(38-11-9-37(6-2)10-12-38)8-7-18(20)13-26-34-17-25-21(35-26)15-24(43-25)31(40)28-29(32)22(41-3)16-23(42-4)30(28)33/h5,7-8,14-17H,1,6,9-13H2,2-4H3,(H,36,39). The van der Waals surface area contributed by atoms with Gasteiger partial charge in [0, 0.05) is 56.2 Å². The molecule has 224 valence electrons. The van der Waals surface area contributed by atoms with Crippen LogP contribution >= 0.6 is 34.5 Å². The minimum Gasteiger partial charge on any atom is -0.495 e. The Morgan fingerprint density at radius 3 is 2.40 bits per heavy atom. The molecule has 9 nitrogen and oxygen atoms in total. The van der Waals surface area contributed by atoms with Crippen LogP contribution in [0.15, 0.2) is 49.2 Å². The van der Waals surface area contributed by atoms with Gasteiger partial charge in [-0.05, 0) is 36.4 Å². The second kappa shape index (κ2) is 13.3. The van der Waals surface area contributed by atoms with Gasteiger partial charge in [-0.15, -0.1) is 11.3 Å². The molecule has 12 heteroatoms. The number of rotatable bonds is 10.